The van der Waals surface area contributed by atoms with Crippen molar-refractivity contribution in [1.29, 1.82) is 0 Å². The van der Waals surface area contributed by atoms with Crippen LogP contribution in [0.4, 0.5) is 25.8 Å². The first-order valence-electron chi connectivity index (χ1n) is 4.83. The summed E-state index contributed by atoms with van der Waals surface area (Å²) in [7, 11) is 0. The maximum absolute atomic E-state index is 13.5. The summed E-state index contributed by atoms with van der Waals surface area (Å²) in [4.78, 5) is 0. The third-order valence-electron chi connectivity index (χ3n) is 2.19. The van der Waals surface area contributed by atoms with Crippen LogP contribution in [0.1, 0.15) is 0 Å². The van der Waals surface area contributed by atoms with Gasteiger partial charge in [-0.15, -0.1) is 0 Å². The predicted octanol–water partition coefficient (Wildman–Crippen LogP) is 3.94. The van der Waals surface area contributed by atoms with Crippen molar-refractivity contribution in [2.24, 2.45) is 0 Å². The molecule has 0 bridgehead atoms. The number of hydrogen-bond acceptors (Lipinski definition) is 2. The molecule has 2 nitrogen and oxygen atoms in total. The molecule has 17 heavy (non-hydrogen) atoms. The van der Waals surface area contributed by atoms with Crippen LogP contribution in [0, 0.1) is 11.6 Å². The maximum Gasteiger partial charge on any atom is 0.148 e. The molecule has 0 heterocycles. The Balaban J connectivity index is 2.31. The summed E-state index contributed by atoms with van der Waals surface area (Å²) in [5.74, 6) is -0.941. The van der Waals surface area contributed by atoms with E-state index < -0.39 is 11.6 Å². The van der Waals surface area contributed by atoms with Gasteiger partial charge in [-0.1, -0.05) is 11.6 Å². The second kappa shape index (κ2) is 4.59. The fourth-order valence-corrected chi connectivity index (χ4v) is 1.58. The fraction of sp³-hybridized carbons (Fsp3) is 0. The predicted molar refractivity (Wildman–Crippen MR) is 65.5 cm³/mol. The monoisotopic (exact) mass is 254 g/mol. The van der Waals surface area contributed by atoms with Crippen LogP contribution in [0.2, 0.25) is 5.02 Å². The molecule has 2 rings (SSSR count). The van der Waals surface area contributed by atoms with Crippen LogP contribution in [0.5, 0.6) is 0 Å². The minimum absolute atomic E-state index is 0.182. The zero-order chi connectivity index (χ0) is 12.4. The lowest BCUT2D eigenvalue weighted by atomic mass is 10.2. The van der Waals surface area contributed by atoms with Gasteiger partial charge in [-0.3, -0.25) is 0 Å². The van der Waals surface area contributed by atoms with E-state index in [9.17, 15) is 8.78 Å². The van der Waals surface area contributed by atoms with E-state index in [0.29, 0.717) is 11.4 Å². The van der Waals surface area contributed by atoms with Crippen molar-refractivity contribution in [2.75, 3.05) is 11.1 Å². The van der Waals surface area contributed by atoms with Gasteiger partial charge in [0.25, 0.3) is 0 Å². The molecule has 88 valence electrons. The van der Waals surface area contributed by atoms with Gasteiger partial charge in [-0.05, 0) is 36.4 Å². The molecule has 0 aliphatic rings. The smallest absolute Gasteiger partial charge is 0.148 e. The lowest BCUT2D eigenvalue weighted by Crippen LogP contribution is -1.96. The number of nitrogens with two attached hydrogens (primary N) is 1. The summed E-state index contributed by atoms with van der Waals surface area (Å²) >= 11 is 5.81. The van der Waals surface area contributed by atoms with Gasteiger partial charge < -0.3 is 11.1 Å². The topological polar surface area (TPSA) is 38.0 Å². The molecule has 0 saturated carbocycles. The van der Waals surface area contributed by atoms with Crippen LogP contribution in [-0.4, -0.2) is 0 Å². The van der Waals surface area contributed by atoms with Crippen LogP contribution in [-0.2, 0) is 0 Å². The summed E-state index contributed by atoms with van der Waals surface area (Å²) in [6.07, 6.45) is 0. The van der Waals surface area contributed by atoms with Crippen LogP contribution in [0.3, 0.4) is 0 Å². The molecule has 0 atom stereocenters. The summed E-state index contributed by atoms with van der Waals surface area (Å²) in [6, 6.07) is 8.07. The highest BCUT2D eigenvalue weighted by Gasteiger charge is 2.06. The average molecular weight is 255 g/mol. The van der Waals surface area contributed by atoms with Crippen molar-refractivity contribution in [3.63, 3.8) is 0 Å². The fourth-order valence-electron chi connectivity index (χ4n) is 1.37. The second-order valence-corrected chi connectivity index (χ2v) is 3.90. The van der Waals surface area contributed by atoms with Gasteiger partial charge in [0.15, 0.2) is 0 Å². The van der Waals surface area contributed by atoms with E-state index in [1.165, 1.54) is 24.3 Å². The van der Waals surface area contributed by atoms with Gasteiger partial charge in [0, 0.05) is 5.69 Å². The van der Waals surface area contributed by atoms with Crippen LogP contribution >= 0.6 is 11.6 Å². The number of nitrogen functional groups attached to an aromatic ring is 1. The molecule has 2 aromatic carbocycles. The molecule has 0 unspecified atom stereocenters. The molecule has 0 radical (unpaired) electrons. The first kappa shape index (κ1) is 11.7. The van der Waals surface area contributed by atoms with Crippen molar-refractivity contribution < 1.29 is 8.78 Å². The number of benzene rings is 2. The van der Waals surface area contributed by atoms with Gasteiger partial charge in [-0.25, -0.2) is 8.78 Å². The third-order valence-corrected chi connectivity index (χ3v) is 2.51. The number of halogens is 3. The molecule has 3 N–H and O–H groups in total. The largest absolute Gasteiger partial charge is 0.399 e. The number of nitrogens with one attached hydrogen (secondary N) is 1. The molecule has 0 saturated heterocycles. The minimum atomic E-state index is -0.495. The lowest BCUT2D eigenvalue weighted by molar-refractivity contribution is 0.628. The van der Waals surface area contributed by atoms with E-state index in [4.69, 9.17) is 17.3 Å². The maximum atomic E-state index is 13.5. The molecular weight excluding hydrogens is 246 g/mol. The Morgan fingerprint density at radius 2 is 1.71 bits per heavy atom. The first-order valence-corrected chi connectivity index (χ1v) is 5.21. The molecule has 0 aliphatic carbocycles. The van der Waals surface area contributed by atoms with Crippen molar-refractivity contribution in [1.82, 2.24) is 0 Å². The molecule has 0 aliphatic heterocycles. The molecule has 2 aromatic rings. The Morgan fingerprint density at radius 1 is 1.00 bits per heavy atom. The van der Waals surface area contributed by atoms with E-state index >= 15 is 0 Å². The van der Waals surface area contributed by atoms with Gasteiger partial charge in [0.2, 0.25) is 0 Å². The van der Waals surface area contributed by atoms with E-state index in [1.54, 1.807) is 6.07 Å². The Kier molecular flexibility index (Phi) is 3.15. The summed E-state index contributed by atoms with van der Waals surface area (Å²) in [5.41, 5.74) is 6.42. The standard InChI is InChI=1S/C12H9ClF2N2/c13-9-5-7(14)1-3-11(9)17-12-4-2-8(16)6-10(12)15/h1-6,17H,16H2. The van der Waals surface area contributed by atoms with Gasteiger partial charge in [0.1, 0.15) is 11.6 Å². The Bertz CT molecular complexity index is 509. The van der Waals surface area contributed by atoms with Gasteiger partial charge in [0.05, 0.1) is 16.4 Å². The minimum Gasteiger partial charge on any atom is -0.399 e. The molecule has 0 amide bonds. The Hall–Kier alpha value is -1.81. The SMILES string of the molecule is Nc1ccc(Nc2ccc(F)cc2Cl)c(F)c1. The van der Waals surface area contributed by atoms with E-state index in [1.807, 2.05) is 0 Å². The van der Waals surface area contributed by atoms with Crippen LogP contribution in [0.15, 0.2) is 36.4 Å². The summed E-state index contributed by atoms with van der Waals surface area (Å²) < 4.78 is 26.3. The molecule has 5 heteroatoms. The van der Waals surface area contributed by atoms with Gasteiger partial charge in [-0.2, -0.15) is 0 Å². The zero-order valence-corrected chi connectivity index (χ0v) is 9.43. The number of rotatable bonds is 2. The van der Waals surface area contributed by atoms with Crippen LogP contribution < -0.4 is 11.1 Å². The molecule has 0 spiro atoms. The average Bonchev–Trinajstić information content (AvgIpc) is 2.25. The Labute approximate surface area is 102 Å². The quantitative estimate of drug-likeness (QED) is 0.797. The highest BCUT2D eigenvalue weighted by molar-refractivity contribution is 6.33. The van der Waals surface area contributed by atoms with E-state index in [0.717, 1.165) is 6.07 Å². The van der Waals surface area contributed by atoms with Crippen LogP contribution in [0.25, 0.3) is 0 Å². The highest BCUT2D eigenvalue weighted by Crippen LogP contribution is 2.27. The number of anilines is 3. The third kappa shape index (κ3) is 2.65. The van der Waals surface area contributed by atoms with Crippen molar-refractivity contribution >= 4 is 28.7 Å². The molecule has 0 aromatic heterocycles. The van der Waals surface area contributed by atoms with Crippen molar-refractivity contribution in [3.8, 4) is 0 Å². The number of hydrogen-bond donors (Lipinski definition) is 2. The summed E-state index contributed by atoms with van der Waals surface area (Å²) in [6.45, 7) is 0. The van der Waals surface area contributed by atoms with Crippen molar-refractivity contribution in [2.45, 2.75) is 0 Å². The second-order valence-electron chi connectivity index (χ2n) is 3.49. The Morgan fingerprint density at radius 3 is 2.35 bits per heavy atom. The normalized spacial score (nSPS) is 10.3. The van der Waals surface area contributed by atoms with Gasteiger partial charge >= 0.3 is 0 Å². The zero-order valence-electron chi connectivity index (χ0n) is 8.68. The molecule has 0 fully saturated rings. The summed E-state index contributed by atoms with van der Waals surface area (Å²) in [5, 5.41) is 2.95. The van der Waals surface area contributed by atoms with E-state index in [2.05, 4.69) is 5.32 Å². The van der Waals surface area contributed by atoms with Crippen molar-refractivity contribution in [3.05, 3.63) is 53.1 Å². The lowest BCUT2D eigenvalue weighted by Gasteiger charge is -2.09. The first-order chi connectivity index (χ1) is 8.06. The highest BCUT2D eigenvalue weighted by atomic mass is 35.5. The molecular formula is C12H9ClF2N2. The van der Waals surface area contributed by atoms with E-state index in [-0.39, 0.29) is 10.7 Å².